The molecule has 1 heterocycles. The molecule has 0 bridgehead atoms. The fourth-order valence-corrected chi connectivity index (χ4v) is 2.24. The molecule has 17 heavy (non-hydrogen) atoms. The third-order valence-corrected chi connectivity index (χ3v) is 3.14. The quantitative estimate of drug-likeness (QED) is 0.859. The van der Waals surface area contributed by atoms with Gasteiger partial charge in [-0.25, -0.2) is 9.97 Å². The van der Waals surface area contributed by atoms with Crippen LogP contribution >= 0.6 is 0 Å². The van der Waals surface area contributed by atoms with E-state index in [0.717, 1.165) is 18.7 Å². The third kappa shape index (κ3) is 2.93. The minimum Gasteiger partial charge on any atom is -0.480 e. The SMILES string of the molecule is CN(CC(=O)O)c1ccnc(C2CCCC2)n1. The van der Waals surface area contributed by atoms with Crippen LogP contribution in [0.3, 0.4) is 0 Å². The van der Waals surface area contributed by atoms with Gasteiger partial charge in [-0.2, -0.15) is 0 Å². The summed E-state index contributed by atoms with van der Waals surface area (Å²) in [4.78, 5) is 21.0. The molecule has 0 amide bonds. The van der Waals surface area contributed by atoms with Gasteiger partial charge in [0.25, 0.3) is 0 Å². The summed E-state index contributed by atoms with van der Waals surface area (Å²) in [7, 11) is 1.73. The molecule has 0 radical (unpaired) electrons. The second kappa shape index (κ2) is 5.12. The molecule has 0 spiro atoms. The number of aliphatic carboxylic acids is 1. The van der Waals surface area contributed by atoms with Crippen molar-refractivity contribution in [1.82, 2.24) is 9.97 Å². The first-order chi connectivity index (χ1) is 8.16. The van der Waals surface area contributed by atoms with Crippen molar-refractivity contribution in [1.29, 1.82) is 0 Å². The maximum Gasteiger partial charge on any atom is 0.323 e. The molecule has 1 aliphatic rings. The number of hydrogen-bond acceptors (Lipinski definition) is 4. The molecule has 92 valence electrons. The first-order valence-corrected chi connectivity index (χ1v) is 5.92. The smallest absolute Gasteiger partial charge is 0.323 e. The highest BCUT2D eigenvalue weighted by atomic mass is 16.4. The van der Waals surface area contributed by atoms with Crippen molar-refractivity contribution in [2.75, 3.05) is 18.5 Å². The minimum absolute atomic E-state index is 0.0406. The Balaban J connectivity index is 2.12. The molecule has 0 saturated heterocycles. The van der Waals surface area contributed by atoms with Gasteiger partial charge in [0.15, 0.2) is 0 Å². The van der Waals surface area contributed by atoms with Crippen LogP contribution < -0.4 is 4.90 Å². The van der Waals surface area contributed by atoms with Gasteiger partial charge in [0.05, 0.1) is 0 Å². The monoisotopic (exact) mass is 235 g/mol. The number of hydrogen-bond donors (Lipinski definition) is 1. The van der Waals surface area contributed by atoms with Crippen LogP contribution in [0.1, 0.15) is 37.4 Å². The van der Waals surface area contributed by atoms with Gasteiger partial charge < -0.3 is 10.0 Å². The van der Waals surface area contributed by atoms with Crippen molar-refractivity contribution in [3.05, 3.63) is 18.1 Å². The lowest BCUT2D eigenvalue weighted by atomic mass is 10.1. The van der Waals surface area contributed by atoms with E-state index in [-0.39, 0.29) is 6.54 Å². The van der Waals surface area contributed by atoms with Gasteiger partial charge in [0.1, 0.15) is 18.2 Å². The van der Waals surface area contributed by atoms with E-state index in [1.165, 1.54) is 12.8 Å². The van der Waals surface area contributed by atoms with Gasteiger partial charge in [0.2, 0.25) is 0 Å². The maximum atomic E-state index is 10.6. The van der Waals surface area contributed by atoms with E-state index in [4.69, 9.17) is 5.11 Å². The highest BCUT2D eigenvalue weighted by Crippen LogP contribution is 2.32. The van der Waals surface area contributed by atoms with Crippen molar-refractivity contribution in [2.24, 2.45) is 0 Å². The molecular formula is C12H17N3O2. The van der Waals surface area contributed by atoms with E-state index in [1.54, 1.807) is 24.2 Å². The summed E-state index contributed by atoms with van der Waals surface area (Å²) in [6.45, 7) is -0.0406. The van der Waals surface area contributed by atoms with Crippen molar-refractivity contribution in [3.63, 3.8) is 0 Å². The van der Waals surface area contributed by atoms with Crippen LogP contribution in [0.15, 0.2) is 12.3 Å². The number of carboxylic acids is 1. The van der Waals surface area contributed by atoms with E-state index >= 15 is 0 Å². The summed E-state index contributed by atoms with van der Waals surface area (Å²) in [6, 6.07) is 1.75. The predicted octanol–water partition coefficient (Wildman–Crippen LogP) is 1.66. The molecule has 5 nitrogen and oxygen atoms in total. The maximum absolute atomic E-state index is 10.6. The first-order valence-electron chi connectivity index (χ1n) is 5.92. The number of rotatable bonds is 4. The van der Waals surface area contributed by atoms with Crippen molar-refractivity contribution in [3.8, 4) is 0 Å². The second-order valence-electron chi connectivity index (χ2n) is 4.50. The molecule has 0 atom stereocenters. The van der Waals surface area contributed by atoms with Gasteiger partial charge in [-0.15, -0.1) is 0 Å². The van der Waals surface area contributed by atoms with Gasteiger partial charge in [-0.05, 0) is 18.9 Å². The number of aromatic nitrogens is 2. The Kier molecular flexibility index (Phi) is 3.56. The van der Waals surface area contributed by atoms with Crippen molar-refractivity contribution < 1.29 is 9.90 Å². The Bertz CT molecular complexity index is 402. The highest BCUT2D eigenvalue weighted by Gasteiger charge is 2.20. The topological polar surface area (TPSA) is 66.3 Å². The predicted molar refractivity (Wildman–Crippen MR) is 64.1 cm³/mol. The lowest BCUT2D eigenvalue weighted by Crippen LogP contribution is -2.26. The Morgan fingerprint density at radius 1 is 1.53 bits per heavy atom. The van der Waals surface area contributed by atoms with Crippen LogP contribution in [0.4, 0.5) is 5.82 Å². The van der Waals surface area contributed by atoms with Crippen LogP contribution in [-0.2, 0) is 4.79 Å². The lowest BCUT2D eigenvalue weighted by Gasteiger charge is -2.17. The number of anilines is 1. The van der Waals surface area contributed by atoms with E-state index in [2.05, 4.69) is 9.97 Å². The molecule has 0 aliphatic heterocycles. The number of likely N-dealkylation sites (N-methyl/N-ethyl adjacent to an activating group) is 1. The molecule has 1 N–H and O–H groups in total. The Hall–Kier alpha value is -1.65. The molecule has 1 aliphatic carbocycles. The zero-order chi connectivity index (χ0) is 12.3. The van der Waals surface area contributed by atoms with E-state index in [0.29, 0.717) is 11.7 Å². The average Bonchev–Trinajstić information content (AvgIpc) is 2.82. The average molecular weight is 235 g/mol. The molecule has 2 rings (SSSR count). The number of nitrogens with zero attached hydrogens (tertiary/aromatic N) is 3. The lowest BCUT2D eigenvalue weighted by molar-refractivity contribution is -0.135. The van der Waals surface area contributed by atoms with Crippen LogP contribution in [0, 0.1) is 0 Å². The zero-order valence-corrected chi connectivity index (χ0v) is 9.96. The van der Waals surface area contributed by atoms with Gasteiger partial charge >= 0.3 is 5.97 Å². The summed E-state index contributed by atoms with van der Waals surface area (Å²) in [5, 5.41) is 8.74. The fourth-order valence-electron chi connectivity index (χ4n) is 2.24. The van der Waals surface area contributed by atoms with Gasteiger partial charge in [0, 0.05) is 19.2 Å². The summed E-state index contributed by atoms with van der Waals surface area (Å²) < 4.78 is 0. The van der Waals surface area contributed by atoms with Gasteiger partial charge in [-0.1, -0.05) is 12.8 Å². The van der Waals surface area contributed by atoms with Crippen LogP contribution in [-0.4, -0.2) is 34.6 Å². The Labute approximate surface area is 100 Å². The normalized spacial score (nSPS) is 16.1. The van der Waals surface area contributed by atoms with Crippen molar-refractivity contribution in [2.45, 2.75) is 31.6 Å². The minimum atomic E-state index is -0.853. The molecule has 1 aromatic rings. The number of carboxylic acid groups (broad SMARTS) is 1. The Morgan fingerprint density at radius 3 is 2.88 bits per heavy atom. The van der Waals surface area contributed by atoms with Crippen molar-refractivity contribution >= 4 is 11.8 Å². The summed E-state index contributed by atoms with van der Waals surface area (Å²) in [5.74, 6) is 1.14. The molecule has 5 heteroatoms. The summed E-state index contributed by atoms with van der Waals surface area (Å²) >= 11 is 0. The molecule has 0 aromatic carbocycles. The molecule has 1 saturated carbocycles. The standard InChI is InChI=1S/C12H17N3O2/c1-15(8-11(16)17)10-6-7-13-12(14-10)9-4-2-3-5-9/h6-7,9H,2-5,8H2,1H3,(H,16,17). The highest BCUT2D eigenvalue weighted by molar-refractivity contribution is 5.72. The molecule has 1 fully saturated rings. The third-order valence-electron chi connectivity index (χ3n) is 3.14. The molecule has 0 unspecified atom stereocenters. The van der Waals surface area contributed by atoms with Crippen LogP contribution in [0.25, 0.3) is 0 Å². The largest absolute Gasteiger partial charge is 0.480 e. The molecular weight excluding hydrogens is 218 g/mol. The first kappa shape index (κ1) is 11.8. The Morgan fingerprint density at radius 2 is 2.24 bits per heavy atom. The van der Waals surface area contributed by atoms with E-state index in [9.17, 15) is 4.79 Å². The fraction of sp³-hybridized carbons (Fsp3) is 0.583. The second-order valence-corrected chi connectivity index (χ2v) is 4.50. The number of carbonyl (C=O) groups is 1. The van der Waals surface area contributed by atoms with Gasteiger partial charge in [-0.3, -0.25) is 4.79 Å². The zero-order valence-electron chi connectivity index (χ0n) is 9.96. The summed E-state index contributed by atoms with van der Waals surface area (Å²) in [5.41, 5.74) is 0. The molecule has 1 aromatic heterocycles. The van der Waals surface area contributed by atoms with E-state index < -0.39 is 5.97 Å². The summed E-state index contributed by atoms with van der Waals surface area (Å²) in [6.07, 6.45) is 6.49. The van der Waals surface area contributed by atoms with E-state index in [1.807, 2.05) is 0 Å². The van der Waals surface area contributed by atoms with Crippen LogP contribution in [0.2, 0.25) is 0 Å². The van der Waals surface area contributed by atoms with Crippen LogP contribution in [0.5, 0.6) is 0 Å².